The Morgan fingerprint density at radius 2 is 2.17 bits per heavy atom. The highest BCUT2D eigenvalue weighted by atomic mass is 16.5. The zero-order valence-electron chi connectivity index (χ0n) is 13.8. The molecular formula is C14H24N6O4. The number of aromatic nitrogens is 1. The van der Waals surface area contributed by atoms with Crippen molar-refractivity contribution in [3.05, 3.63) is 17.8 Å². The fraction of sp³-hybridized carbons (Fsp3) is 0.571. The van der Waals surface area contributed by atoms with Gasteiger partial charge < -0.3 is 31.7 Å². The van der Waals surface area contributed by atoms with E-state index in [2.05, 4.69) is 15.3 Å². The lowest BCUT2D eigenvalue weighted by molar-refractivity contribution is -0.145. The third-order valence-corrected chi connectivity index (χ3v) is 2.97. The fourth-order valence-electron chi connectivity index (χ4n) is 1.83. The highest BCUT2D eigenvalue weighted by Gasteiger charge is 2.24. The van der Waals surface area contributed by atoms with Gasteiger partial charge in [0.2, 0.25) is 5.89 Å². The molecule has 1 rings (SSSR count). The molecule has 134 valence electrons. The Morgan fingerprint density at radius 1 is 1.46 bits per heavy atom. The molecule has 10 heteroatoms. The van der Waals surface area contributed by atoms with Crippen LogP contribution in [-0.2, 0) is 9.53 Å². The maximum atomic E-state index is 12.2. The van der Waals surface area contributed by atoms with Crippen LogP contribution in [-0.4, -0.2) is 42.0 Å². The third-order valence-electron chi connectivity index (χ3n) is 2.97. The van der Waals surface area contributed by atoms with E-state index < -0.39 is 24.0 Å². The minimum atomic E-state index is -0.831. The molecule has 1 aromatic heterocycles. The van der Waals surface area contributed by atoms with Gasteiger partial charge in [-0.2, -0.15) is 0 Å². The standard InChI is InChI=1S/C14H24N6O4/c1-3-23-13(22)9(5-4-6-18-14(16)17)19-11(21)10-7-24-12(20-10)8(2)15/h7-9H,3-6,15H2,1-2H3,(H,19,21)(H4,16,17,18). The largest absolute Gasteiger partial charge is 0.464 e. The van der Waals surface area contributed by atoms with E-state index in [-0.39, 0.29) is 24.2 Å². The minimum absolute atomic E-state index is 0.0299. The number of esters is 1. The van der Waals surface area contributed by atoms with Crippen molar-refractivity contribution in [1.82, 2.24) is 10.3 Å². The summed E-state index contributed by atoms with van der Waals surface area (Å²) in [4.78, 5) is 32.0. The lowest BCUT2D eigenvalue weighted by Crippen LogP contribution is -2.42. The van der Waals surface area contributed by atoms with Crippen LogP contribution in [0.2, 0.25) is 0 Å². The van der Waals surface area contributed by atoms with Crippen LogP contribution in [0.3, 0.4) is 0 Å². The molecule has 1 aromatic rings. The number of aliphatic imine (C=N–C) groups is 1. The van der Waals surface area contributed by atoms with Crippen molar-refractivity contribution in [3.63, 3.8) is 0 Å². The van der Waals surface area contributed by atoms with Gasteiger partial charge in [-0.15, -0.1) is 0 Å². The highest BCUT2D eigenvalue weighted by molar-refractivity contribution is 5.94. The molecule has 2 unspecified atom stereocenters. The number of carbonyl (C=O) groups is 2. The zero-order chi connectivity index (χ0) is 18.1. The summed E-state index contributed by atoms with van der Waals surface area (Å²) in [5, 5.41) is 2.57. The van der Waals surface area contributed by atoms with Gasteiger partial charge in [0.15, 0.2) is 11.7 Å². The number of hydrogen-bond acceptors (Lipinski definition) is 7. The quantitative estimate of drug-likeness (QED) is 0.200. The van der Waals surface area contributed by atoms with E-state index in [4.69, 9.17) is 26.4 Å². The van der Waals surface area contributed by atoms with Crippen LogP contribution in [0.1, 0.15) is 49.1 Å². The van der Waals surface area contributed by atoms with Crippen molar-refractivity contribution < 1.29 is 18.7 Å². The second-order valence-electron chi connectivity index (χ2n) is 5.09. The molecular weight excluding hydrogens is 316 g/mol. The molecule has 0 saturated carbocycles. The van der Waals surface area contributed by atoms with Gasteiger partial charge in [-0.3, -0.25) is 9.79 Å². The highest BCUT2D eigenvalue weighted by Crippen LogP contribution is 2.10. The van der Waals surface area contributed by atoms with Crippen LogP contribution in [0.5, 0.6) is 0 Å². The number of nitrogens with zero attached hydrogens (tertiary/aromatic N) is 2. The molecule has 0 bridgehead atoms. The second kappa shape index (κ2) is 9.50. The minimum Gasteiger partial charge on any atom is -0.464 e. The van der Waals surface area contributed by atoms with Gasteiger partial charge >= 0.3 is 5.97 Å². The van der Waals surface area contributed by atoms with E-state index in [1.165, 1.54) is 6.26 Å². The Bertz CT molecular complexity index is 580. The Balaban J connectivity index is 2.69. The number of ether oxygens (including phenoxy) is 1. The van der Waals surface area contributed by atoms with Crippen LogP contribution >= 0.6 is 0 Å². The monoisotopic (exact) mass is 340 g/mol. The molecule has 0 aromatic carbocycles. The SMILES string of the molecule is CCOC(=O)C(CCCN=C(N)N)NC(=O)c1coc(C(C)N)n1. The average Bonchev–Trinajstić information content (AvgIpc) is 3.00. The fourth-order valence-corrected chi connectivity index (χ4v) is 1.83. The lowest BCUT2D eigenvalue weighted by Gasteiger charge is -2.16. The van der Waals surface area contributed by atoms with E-state index in [0.717, 1.165) is 0 Å². The Kier molecular flexibility index (Phi) is 7.69. The number of guanidine groups is 1. The lowest BCUT2D eigenvalue weighted by atomic mass is 10.1. The first-order chi connectivity index (χ1) is 11.3. The maximum Gasteiger partial charge on any atom is 0.328 e. The van der Waals surface area contributed by atoms with Gasteiger partial charge in [0, 0.05) is 6.54 Å². The Labute approximate surface area is 139 Å². The molecule has 0 aliphatic rings. The van der Waals surface area contributed by atoms with Crippen molar-refractivity contribution in [2.75, 3.05) is 13.2 Å². The molecule has 24 heavy (non-hydrogen) atoms. The summed E-state index contributed by atoms with van der Waals surface area (Å²) in [6.07, 6.45) is 2.00. The van der Waals surface area contributed by atoms with Gasteiger partial charge in [0.05, 0.1) is 12.6 Å². The Morgan fingerprint density at radius 3 is 2.71 bits per heavy atom. The number of carbonyl (C=O) groups excluding carboxylic acids is 2. The van der Waals surface area contributed by atoms with Gasteiger partial charge in [-0.05, 0) is 26.7 Å². The summed E-state index contributed by atoms with van der Waals surface area (Å²) in [5.41, 5.74) is 16.1. The first kappa shape index (κ1) is 19.4. The van der Waals surface area contributed by atoms with E-state index in [1.54, 1.807) is 13.8 Å². The predicted molar refractivity (Wildman–Crippen MR) is 86.9 cm³/mol. The van der Waals surface area contributed by atoms with E-state index in [1.807, 2.05) is 0 Å². The number of amides is 1. The van der Waals surface area contributed by atoms with Gasteiger partial charge in [0.1, 0.15) is 12.3 Å². The number of nitrogens with one attached hydrogen (secondary N) is 1. The zero-order valence-corrected chi connectivity index (χ0v) is 13.8. The van der Waals surface area contributed by atoms with Crippen LogP contribution in [0.25, 0.3) is 0 Å². The molecule has 1 amide bonds. The van der Waals surface area contributed by atoms with E-state index in [0.29, 0.717) is 19.4 Å². The molecule has 0 spiro atoms. The smallest absolute Gasteiger partial charge is 0.328 e. The third kappa shape index (κ3) is 6.24. The maximum absolute atomic E-state index is 12.2. The number of nitrogens with two attached hydrogens (primary N) is 3. The number of rotatable bonds is 9. The predicted octanol–water partition coefficient (Wildman–Crippen LogP) is -0.591. The summed E-state index contributed by atoms with van der Waals surface area (Å²) < 4.78 is 10.1. The molecule has 0 aliphatic carbocycles. The Hall–Kier alpha value is -2.62. The normalized spacial score (nSPS) is 13.0. The van der Waals surface area contributed by atoms with Crippen LogP contribution in [0.4, 0.5) is 0 Å². The van der Waals surface area contributed by atoms with E-state index in [9.17, 15) is 9.59 Å². The van der Waals surface area contributed by atoms with Gasteiger partial charge in [-0.25, -0.2) is 9.78 Å². The van der Waals surface area contributed by atoms with Gasteiger partial charge in [0.25, 0.3) is 5.91 Å². The average molecular weight is 340 g/mol. The summed E-state index contributed by atoms with van der Waals surface area (Å²) in [5.74, 6) is -0.879. The van der Waals surface area contributed by atoms with E-state index >= 15 is 0 Å². The molecule has 0 aliphatic heterocycles. The molecule has 7 N–H and O–H groups in total. The molecule has 0 saturated heterocycles. The van der Waals surface area contributed by atoms with Crippen molar-refractivity contribution in [2.45, 2.75) is 38.8 Å². The van der Waals surface area contributed by atoms with Crippen LogP contribution in [0, 0.1) is 0 Å². The second-order valence-corrected chi connectivity index (χ2v) is 5.09. The molecule has 2 atom stereocenters. The summed E-state index contributed by atoms with van der Waals surface area (Å²) in [7, 11) is 0. The number of hydrogen-bond donors (Lipinski definition) is 4. The van der Waals surface area contributed by atoms with Crippen LogP contribution in [0.15, 0.2) is 15.7 Å². The summed E-state index contributed by atoms with van der Waals surface area (Å²) in [6, 6.07) is -1.27. The van der Waals surface area contributed by atoms with Crippen molar-refractivity contribution in [1.29, 1.82) is 0 Å². The molecule has 0 radical (unpaired) electrons. The van der Waals surface area contributed by atoms with Crippen molar-refractivity contribution in [2.24, 2.45) is 22.2 Å². The summed E-state index contributed by atoms with van der Waals surface area (Å²) in [6.45, 7) is 3.91. The van der Waals surface area contributed by atoms with Crippen LogP contribution < -0.4 is 22.5 Å². The molecule has 0 fully saturated rings. The molecule has 10 nitrogen and oxygen atoms in total. The number of oxazole rings is 1. The topological polar surface area (TPSA) is 172 Å². The summed E-state index contributed by atoms with van der Waals surface area (Å²) >= 11 is 0. The van der Waals surface area contributed by atoms with Crippen molar-refractivity contribution in [3.8, 4) is 0 Å². The first-order valence-corrected chi connectivity index (χ1v) is 7.59. The first-order valence-electron chi connectivity index (χ1n) is 7.59. The van der Waals surface area contributed by atoms with Crippen molar-refractivity contribution >= 4 is 17.8 Å². The van der Waals surface area contributed by atoms with Gasteiger partial charge in [-0.1, -0.05) is 0 Å². The molecule has 1 heterocycles.